The number of hydrogen-bond donors (Lipinski definition) is 0. The fourth-order valence-electron chi connectivity index (χ4n) is 3.29. The number of rotatable bonds is 7. The molecular weight excluding hydrogens is 312 g/mol. The number of hydrogen-bond acceptors (Lipinski definition) is 4. The second-order valence-corrected chi connectivity index (χ2v) is 6.46. The SMILES string of the molecule is CCOc1cc(CN2CCN(Cc3ccccc3)CC2)ccc1OC. The van der Waals surface area contributed by atoms with Gasteiger partial charge in [-0.05, 0) is 30.2 Å². The first-order valence-electron chi connectivity index (χ1n) is 9.07. The Morgan fingerprint density at radius 1 is 0.800 bits per heavy atom. The Kier molecular flexibility index (Phi) is 6.31. The molecule has 0 aliphatic carbocycles. The van der Waals surface area contributed by atoms with Crippen LogP contribution in [0.4, 0.5) is 0 Å². The van der Waals surface area contributed by atoms with Crippen molar-refractivity contribution in [3.8, 4) is 11.5 Å². The van der Waals surface area contributed by atoms with E-state index in [9.17, 15) is 0 Å². The molecule has 0 amide bonds. The third-order valence-corrected chi connectivity index (χ3v) is 4.65. The van der Waals surface area contributed by atoms with E-state index in [0.717, 1.165) is 50.8 Å². The van der Waals surface area contributed by atoms with E-state index < -0.39 is 0 Å². The van der Waals surface area contributed by atoms with Gasteiger partial charge in [0.05, 0.1) is 13.7 Å². The molecule has 0 radical (unpaired) electrons. The minimum Gasteiger partial charge on any atom is -0.493 e. The van der Waals surface area contributed by atoms with E-state index in [1.54, 1.807) is 7.11 Å². The molecule has 0 spiro atoms. The molecule has 134 valence electrons. The Morgan fingerprint density at radius 2 is 1.44 bits per heavy atom. The van der Waals surface area contributed by atoms with Gasteiger partial charge in [0.1, 0.15) is 0 Å². The molecule has 25 heavy (non-hydrogen) atoms. The average Bonchev–Trinajstić information content (AvgIpc) is 2.65. The highest BCUT2D eigenvalue weighted by Crippen LogP contribution is 2.28. The normalized spacial score (nSPS) is 15.9. The molecule has 1 aliphatic rings. The third-order valence-electron chi connectivity index (χ3n) is 4.65. The van der Waals surface area contributed by atoms with Crippen LogP contribution in [0.15, 0.2) is 48.5 Å². The predicted molar refractivity (Wildman–Crippen MR) is 101 cm³/mol. The Bertz CT molecular complexity index is 652. The van der Waals surface area contributed by atoms with E-state index in [-0.39, 0.29) is 0 Å². The van der Waals surface area contributed by atoms with E-state index in [1.807, 2.05) is 13.0 Å². The fraction of sp³-hybridized carbons (Fsp3) is 0.429. The zero-order valence-corrected chi connectivity index (χ0v) is 15.3. The van der Waals surface area contributed by atoms with Gasteiger partial charge in [-0.1, -0.05) is 36.4 Å². The first kappa shape index (κ1) is 17.8. The fourth-order valence-corrected chi connectivity index (χ4v) is 3.29. The largest absolute Gasteiger partial charge is 0.493 e. The smallest absolute Gasteiger partial charge is 0.161 e. The average molecular weight is 340 g/mol. The van der Waals surface area contributed by atoms with Gasteiger partial charge in [-0.15, -0.1) is 0 Å². The van der Waals surface area contributed by atoms with E-state index in [1.165, 1.54) is 11.1 Å². The first-order chi connectivity index (χ1) is 12.3. The molecule has 0 saturated carbocycles. The molecule has 2 aromatic carbocycles. The Labute approximate surface area is 151 Å². The molecule has 0 unspecified atom stereocenters. The number of methoxy groups -OCH3 is 1. The van der Waals surface area contributed by atoms with Crippen LogP contribution in [0.1, 0.15) is 18.1 Å². The summed E-state index contributed by atoms with van der Waals surface area (Å²) in [7, 11) is 1.68. The van der Waals surface area contributed by atoms with Crippen LogP contribution in [0.5, 0.6) is 11.5 Å². The van der Waals surface area contributed by atoms with Gasteiger partial charge < -0.3 is 9.47 Å². The summed E-state index contributed by atoms with van der Waals surface area (Å²) in [5.41, 5.74) is 2.67. The standard InChI is InChI=1S/C21H28N2O2/c1-3-25-21-15-19(9-10-20(21)24-2)17-23-13-11-22(12-14-23)16-18-7-5-4-6-8-18/h4-10,15H,3,11-14,16-17H2,1-2H3. The van der Waals surface area contributed by atoms with Crippen molar-refractivity contribution in [2.24, 2.45) is 0 Å². The van der Waals surface area contributed by atoms with Gasteiger partial charge in [-0.3, -0.25) is 9.80 Å². The molecule has 0 atom stereocenters. The summed E-state index contributed by atoms with van der Waals surface area (Å²) in [6.07, 6.45) is 0. The molecule has 4 nitrogen and oxygen atoms in total. The first-order valence-corrected chi connectivity index (χ1v) is 9.07. The highest BCUT2D eigenvalue weighted by molar-refractivity contribution is 5.43. The van der Waals surface area contributed by atoms with Crippen LogP contribution in [0.2, 0.25) is 0 Å². The van der Waals surface area contributed by atoms with Crippen LogP contribution in [0.3, 0.4) is 0 Å². The van der Waals surface area contributed by atoms with Crippen molar-refractivity contribution >= 4 is 0 Å². The molecule has 0 bridgehead atoms. The topological polar surface area (TPSA) is 24.9 Å². The van der Waals surface area contributed by atoms with Gasteiger partial charge in [-0.2, -0.15) is 0 Å². The van der Waals surface area contributed by atoms with Gasteiger partial charge in [0.25, 0.3) is 0 Å². The molecule has 1 saturated heterocycles. The highest BCUT2D eigenvalue weighted by Gasteiger charge is 2.17. The van der Waals surface area contributed by atoms with Gasteiger partial charge in [0.2, 0.25) is 0 Å². The number of benzene rings is 2. The maximum Gasteiger partial charge on any atom is 0.161 e. The van der Waals surface area contributed by atoms with Crippen molar-refractivity contribution in [1.29, 1.82) is 0 Å². The molecule has 1 heterocycles. The second-order valence-electron chi connectivity index (χ2n) is 6.46. The molecule has 1 fully saturated rings. The Balaban J connectivity index is 1.52. The summed E-state index contributed by atoms with van der Waals surface area (Å²) in [4.78, 5) is 5.05. The quantitative estimate of drug-likeness (QED) is 0.771. The number of piperazine rings is 1. The summed E-state index contributed by atoms with van der Waals surface area (Å²) in [6.45, 7) is 9.09. The Hall–Kier alpha value is -2.04. The van der Waals surface area contributed by atoms with Crippen molar-refractivity contribution in [2.45, 2.75) is 20.0 Å². The van der Waals surface area contributed by atoms with Crippen LogP contribution >= 0.6 is 0 Å². The number of ether oxygens (including phenoxy) is 2. The van der Waals surface area contributed by atoms with Crippen molar-refractivity contribution in [3.63, 3.8) is 0 Å². The molecule has 2 aromatic rings. The van der Waals surface area contributed by atoms with E-state index in [0.29, 0.717) is 6.61 Å². The predicted octanol–water partition coefficient (Wildman–Crippen LogP) is 3.41. The zero-order valence-electron chi connectivity index (χ0n) is 15.3. The molecule has 4 heteroatoms. The maximum atomic E-state index is 5.69. The van der Waals surface area contributed by atoms with Crippen LogP contribution < -0.4 is 9.47 Å². The van der Waals surface area contributed by atoms with Crippen molar-refractivity contribution in [1.82, 2.24) is 9.80 Å². The summed E-state index contributed by atoms with van der Waals surface area (Å²) < 4.78 is 11.1. The summed E-state index contributed by atoms with van der Waals surface area (Å²) in [5.74, 6) is 1.64. The summed E-state index contributed by atoms with van der Waals surface area (Å²) in [6, 6.07) is 17.0. The molecule has 0 N–H and O–H groups in total. The summed E-state index contributed by atoms with van der Waals surface area (Å²) in [5, 5.41) is 0. The number of nitrogens with zero attached hydrogens (tertiary/aromatic N) is 2. The molecule has 3 rings (SSSR count). The Morgan fingerprint density at radius 3 is 2.04 bits per heavy atom. The third kappa shape index (κ3) is 4.97. The van der Waals surface area contributed by atoms with Crippen LogP contribution in [-0.4, -0.2) is 49.7 Å². The molecule has 0 aromatic heterocycles. The van der Waals surface area contributed by atoms with Gasteiger partial charge in [-0.25, -0.2) is 0 Å². The minimum atomic E-state index is 0.651. The van der Waals surface area contributed by atoms with Crippen molar-refractivity contribution in [3.05, 3.63) is 59.7 Å². The van der Waals surface area contributed by atoms with Crippen LogP contribution in [0, 0.1) is 0 Å². The van der Waals surface area contributed by atoms with Crippen molar-refractivity contribution in [2.75, 3.05) is 39.9 Å². The minimum absolute atomic E-state index is 0.651. The van der Waals surface area contributed by atoms with E-state index in [4.69, 9.17) is 9.47 Å². The van der Waals surface area contributed by atoms with Crippen LogP contribution in [-0.2, 0) is 13.1 Å². The van der Waals surface area contributed by atoms with Gasteiger partial charge >= 0.3 is 0 Å². The lowest BCUT2D eigenvalue weighted by Crippen LogP contribution is -2.45. The van der Waals surface area contributed by atoms with Gasteiger partial charge in [0.15, 0.2) is 11.5 Å². The van der Waals surface area contributed by atoms with Gasteiger partial charge in [0, 0.05) is 39.3 Å². The lowest BCUT2D eigenvalue weighted by atomic mass is 10.1. The lowest BCUT2D eigenvalue weighted by molar-refractivity contribution is 0.122. The van der Waals surface area contributed by atoms with Crippen molar-refractivity contribution < 1.29 is 9.47 Å². The van der Waals surface area contributed by atoms with E-state index >= 15 is 0 Å². The second kappa shape index (κ2) is 8.88. The highest BCUT2D eigenvalue weighted by atomic mass is 16.5. The zero-order chi connectivity index (χ0) is 17.5. The lowest BCUT2D eigenvalue weighted by Gasteiger charge is -2.34. The monoisotopic (exact) mass is 340 g/mol. The maximum absolute atomic E-state index is 5.69. The van der Waals surface area contributed by atoms with Crippen LogP contribution in [0.25, 0.3) is 0 Å². The molecular formula is C21H28N2O2. The van der Waals surface area contributed by atoms with E-state index in [2.05, 4.69) is 52.3 Å². The molecule has 1 aliphatic heterocycles. The summed E-state index contributed by atoms with van der Waals surface area (Å²) >= 11 is 0.